The number of allylic oxidation sites excluding steroid dienone is 1. The molecule has 10 heteroatoms. The molecule has 0 saturated carbocycles. The van der Waals surface area contributed by atoms with Crippen LogP contribution in [0.5, 0.6) is 0 Å². The second-order valence-electron chi connectivity index (χ2n) is 11.0. The fourth-order valence-corrected chi connectivity index (χ4v) is 6.13. The van der Waals surface area contributed by atoms with Gasteiger partial charge in [-0.3, -0.25) is 19.4 Å². The highest BCUT2D eigenvalue weighted by Gasteiger charge is 2.32. The molecule has 3 aliphatic rings. The van der Waals surface area contributed by atoms with Crippen molar-refractivity contribution in [1.29, 1.82) is 0 Å². The van der Waals surface area contributed by atoms with Gasteiger partial charge in [0.25, 0.3) is 0 Å². The number of hydrogen-bond donors (Lipinski definition) is 1. The first-order chi connectivity index (χ1) is 19.9. The summed E-state index contributed by atoms with van der Waals surface area (Å²) >= 11 is 0. The Morgan fingerprint density at radius 2 is 1.88 bits per heavy atom. The van der Waals surface area contributed by atoms with Crippen LogP contribution >= 0.6 is 0 Å². The minimum absolute atomic E-state index is 0.0236. The molecule has 1 unspecified atom stereocenters. The Kier molecular flexibility index (Phi) is 7.38. The van der Waals surface area contributed by atoms with E-state index in [1.807, 2.05) is 36.2 Å². The summed E-state index contributed by atoms with van der Waals surface area (Å²) < 4.78 is 1.56. The lowest BCUT2D eigenvalue weighted by Crippen LogP contribution is -2.44. The molecule has 6 rings (SSSR count). The standard InChI is InChI=1S/C31H35N7O3/c1-2-25(39)28-29(21-12-15-36(16-13-21)27(41)19-37-14-6-9-26(37)40)35-31-23(18-34-38(31)30(28)32)22-10-11-24(33-17-22)20-7-4-3-5-8-20/h3-5,7-8,10,17-18,21,24H,2,6,9,11-16,19,32H2,1H3. The molecule has 0 radical (unpaired) electrons. The number of rotatable bonds is 7. The molecule has 10 nitrogen and oxygen atoms in total. The molecule has 2 N–H and O–H groups in total. The molecule has 1 atom stereocenters. The third kappa shape index (κ3) is 5.14. The van der Waals surface area contributed by atoms with Gasteiger partial charge in [0, 0.05) is 55.7 Å². The van der Waals surface area contributed by atoms with Crippen LogP contribution in [0, 0.1) is 0 Å². The van der Waals surface area contributed by atoms with E-state index in [1.54, 1.807) is 15.6 Å². The number of ketones is 1. The lowest BCUT2D eigenvalue weighted by molar-refractivity contribution is -0.139. The van der Waals surface area contributed by atoms with E-state index in [-0.39, 0.29) is 36.1 Å². The molecular weight excluding hydrogens is 518 g/mol. The van der Waals surface area contributed by atoms with E-state index in [0.717, 1.165) is 24.0 Å². The zero-order valence-corrected chi connectivity index (χ0v) is 23.3. The molecule has 212 valence electrons. The van der Waals surface area contributed by atoms with Gasteiger partial charge in [0.15, 0.2) is 11.4 Å². The van der Waals surface area contributed by atoms with Crippen molar-refractivity contribution < 1.29 is 14.4 Å². The summed E-state index contributed by atoms with van der Waals surface area (Å²) in [6.07, 6.45) is 9.49. The van der Waals surface area contributed by atoms with Crippen LogP contribution in [0.1, 0.15) is 84.6 Å². The first-order valence-corrected chi connectivity index (χ1v) is 14.5. The minimum atomic E-state index is -0.0702. The van der Waals surface area contributed by atoms with E-state index >= 15 is 0 Å². The van der Waals surface area contributed by atoms with Crippen molar-refractivity contribution in [2.24, 2.45) is 4.99 Å². The van der Waals surface area contributed by atoms with Crippen LogP contribution in [-0.2, 0) is 9.59 Å². The average Bonchev–Trinajstić information content (AvgIpc) is 3.63. The number of carbonyl (C=O) groups excluding carboxylic acids is 3. The molecule has 0 aliphatic carbocycles. The molecule has 41 heavy (non-hydrogen) atoms. The summed E-state index contributed by atoms with van der Waals surface area (Å²) in [6.45, 7) is 3.69. The largest absolute Gasteiger partial charge is 0.383 e. The van der Waals surface area contributed by atoms with Gasteiger partial charge in [0.05, 0.1) is 30.0 Å². The summed E-state index contributed by atoms with van der Waals surface area (Å²) in [7, 11) is 0. The molecule has 0 bridgehead atoms. The van der Waals surface area contributed by atoms with Crippen molar-refractivity contribution >= 4 is 40.9 Å². The second-order valence-corrected chi connectivity index (χ2v) is 11.0. The zero-order valence-electron chi connectivity index (χ0n) is 23.3. The Hall–Kier alpha value is -4.34. The van der Waals surface area contributed by atoms with Crippen LogP contribution in [0.3, 0.4) is 0 Å². The van der Waals surface area contributed by atoms with E-state index in [1.165, 1.54) is 5.56 Å². The number of fused-ring (bicyclic) bond motifs is 1. The number of anilines is 1. The predicted molar refractivity (Wildman–Crippen MR) is 157 cm³/mol. The Labute approximate surface area is 238 Å². The summed E-state index contributed by atoms with van der Waals surface area (Å²) in [5, 5.41) is 4.51. The van der Waals surface area contributed by atoms with E-state index in [0.29, 0.717) is 68.0 Å². The average molecular weight is 554 g/mol. The number of dihydropyridines is 1. The van der Waals surface area contributed by atoms with Gasteiger partial charge >= 0.3 is 0 Å². The Morgan fingerprint density at radius 3 is 2.54 bits per heavy atom. The highest BCUT2D eigenvalue weighted by molar-refractivity contribution is 6.13. The Morgan fingerprint density at radius 1 is 1.10 bits per heavy atom. The maximum atomic E-state index is 13.1. The molecule has 2 aromatic heterocycles. The third-order valence-corrected chi connectivity index (χ3v) is 8.49. The number of aliphatic imine (C=N–C) groups is 1. The van der Waals surface area contributed by atoms with Crippen molar-refractivity contribution in [2.45, 2.75) is 57.4 Å². The van der Waals surface area contributed by atoms with Gasteiger partial charge in [-0.1, -0.05) is 43.3 Å². The number of piperidine rings is 1. The zero-order chi connectivity index (χ0) is 28.5. The highest BCUT2D eigenvalue weighted by Crippen LogP contribution is 2.35. The highest BCUT2D eigenvalue weighted by atomic mass is 16.2. The Bertz CT molecular complexity index is 1550. The topological polar surface area (TPSA) is 126 Å². The number of likely N-dealkylation sites (tertiary alicyclic amines) is 2. The minimum Gasteiger partial charge on any atom is -0.383 e. The number of benzene rings is 1. The van der Waals surface area contributed by atoms with E-state index < -0.39 is 0 Å². The molecular formula is C31H35N7O3. The molecule has 2 amide bonds. The van der Waals surface area contributed by atoms with E-state index in [2.05, 4.69) is 23.3 Å². The quantitative estimate of drug-likeness (QED) is 0.443. The SMILES string of the molecule is CCC(=O)c1c(C2CCN(C(=O)CN3CCCC3=O)CC2)nc2c(C3=CCC(c4ccccc4)N=C3)cnn2c1N. The van der Waals surface area contributed by atoms with Gasteiger partial charge in [-0.25, -0.2) is 4.98 Å². The van der Waals surface area contributed by atoms with Crippen molar-refractivity contribution in [2.75, 3.05) is 31.9 Å². The maximum Gasteiger partial charge on any atom is 0.242 e. The lowest BCUT2D eigenvalue weighted by Gasteiger charge is -2.33. The molecule has 3 aliphatic heterocycles. The van der Waals surface area contributed by atoms with Gasteiger partial charge in [-0.15, -0.1) is 0 Å². The van der Waals surface area contributed by atoms with Gasteiger partial charge < -0.3 is 15.5 Å². The van der Waals surface area contributed by atoms with E-state index in [4.69, 9.17) is 15.7 Å². The van der Waals surface area contributed by atoms with Crippen LogP contribution in [0.2, 0.25) is 0 Å². The number of Topliss-reactive ketones (excluding diaryl/α,β-unsaturated/α-hetero) is 1. The normalized spacial score (nSPS) is 19.7. The van der Waals surface area contributed by atoms with Crippen LogP contribution in [-0.4, -0.2) is 74.4 Å². The monoisotopic (exact) mass is 553 g/mol. The van der Waals surface area contributed by atoms with E-state index in [9.17, 15) is 14.4 Å². The summed E-state index contributed by atoms with van der Waals surface area (Å²) in [4.78, 5) is 51.3. The maximum absolute atomic E-state index is 13.1. The smallest absolute Gasteiger partial charge is 0.242 e. The number of nitrogen functional groups attached to an aromatic ring is 1. The third-order valence-electron chi connectivity index (χ3n) is 8.49. The number of hydrogen-bond acceptors (Lipinski definition) is 7. The molecule has 2 saturated heterocycles. The van der Waals surface area contributed by atoms with Crippen LogP contribution < -0.4 is 5.73 Å². The summed E-state index contributed by atoms with van der Waals surface area (Å²) in [5.74, 6) is 0.226. The van der Waals surface area contributed by atoms with Crippen LogP contribution in [0.25, 0.3) is 11.2 Å². The molecule has 5 heterocycles. The number of aromatic nitrogens is 3. The van der Waals surface area contributed by atoms with Gasteiger partial charge in [0.1, 0.15) is 5.82 Å². The van der Waals surface area contributed by atoms with Crippen molar-refractivity contribution in [1.82, 2.24) is 24.4 Å². The first-order valence-electron chi connectivity index (χ1n) is 14.5. The molecule has 0 spiro atoms. The van der Waals surface area contributed by atoms with Crippen molar-refractivity contribution in [3.63, 3.8) is 0 Å². The lowest BCUT2D eigenvalue weighted by atomic mass is 9.88. The predicted octanol–water partition coefficient (Wildman–Crippen LogP) is 3.83. The fraction of sp³-hybridized carbons (Fsp3) is 0.419. The Balaban J connectivity index is 1.26. The number of nitrogens with zero attached hydrogens (tertiary/aromatic N) is 6. The van der Waals surface area contributed by atoms with Crippen molar-refractivity contribution in [3.8, 4) is 0 Å². The van der Waals surface area contributed by atoms with Crippen molar-refractivity contribution in [3.05, 3.63) is 65.0 Å². The fourth-order valence-electron chi connectivity index (χ4n) is 6.13. The summed E-state index contributed by atoms with van der Waals surface area (Å²) in [6, 6.07) is 10.3. The number of nitrogens with two attached hydrogens (primary N) is 1. The van der Waals surface area contributed by atoms with Gasteiger partial charge in [0.2, 0.25) is 11.8 Å². The molecule has 2 fully saturated rings. The molecule has 1 aromatic carbocycles. The second kappa shape index (κ2) is 11.3. The van der Waals surface area contributed by atoms with Gasteiger partial charge in [-0.2, -0.15) is 9.61 Å². The number of carbonyl (C=O) groups is 3. The van der Waals surface area contributed by atoms with Gasteiger partial charge in [-0.05, 0) is 31.2 Å². The summed E-state index contributed by atoms with van der Waals surface area (Å²) in [5.41, 5.74) is 11.2. The van der Waals surface area contributed by atoms with Crippen LogP contribution in [0.4, 0.5) is 5.82 Å². The van der Waals surface area contributed by atoms with Crippen LogP contribution in [0.15, 0.2) is 47.6 Å². The first kappa shape index (κ1) is 26.9. The molecule has 3 aromatic rings. The number of amides is 2.